The summed E-state index contributed by atoms with van der Waals surface area (Å²) in [5.41, 5.74) is -0.444. The Morgan fingerprint density at radius 3 is 2.76 bits per heavy atom. The van der Waals surface area contributed by atoms with Gasteiger partial charge in [0.15, 0.2) is 0 Å². The standard InChI is InChI=1S/C12H12ClFN2O/c1-12(2,7-13)11(17)16-9-3-4-10(14)8(5-9)6-15/h3-5H,7H2,1-2H3,(H,16,17). The molecule has 0 aliphatic rings. The minimum Gasteiger partial charge on any atom is -0.326 e. The Labute approximate surface area is 104 Å². The summed E-state index contributed by atoms with van der Waals surface area (Å²) in [6.45, 7) is 3.40. The molecule has 0 spiro atoms. The molecule has 1 N–H and O–H groups in total. The van der Waals surface area contributed by atoms with Gasteiger partial charge in [-0.25, -0.2) is 4.39 Å². The number of nitriles is 1. The largest absolute Gasteiger partial charge is 0.326 e. The number of rotatable bonds is 3. The fourth-order valence-electron chi connectivity index (χ4n) is 1.05. The predicted octanol–water partition coefficient (Wildman–Crippen LogP) is 2.90. The molecule has 0 saturated carbocycles. The van der Waals surface area contributed by atoms with Gasteiger partial charge in [-0.05, 0) is 32.0 Å². The molecule has 1 aromatic carbocycles. The van der Waals surface area contributed by atoms with Gasteiger partial charge in [0.1, 0.15) is 11.9 Å². The fourth-order valence-corrected chi connectivity index (χ4v) is 1.17. The number of halogens is 2. The lowest BCUT2D eigenvalue weighted by Gasteiger charge is -2.20. The first-order valence-electron chi connectivity index (χ1n) is 4.98. The van der Waals surface area contributed by atoms with Crippen LogP contribution in [-0.4, -0.2) is 11.8 Å². The zero-order chi connectivity index (χ0) is 13.1. The predicted molar refractivity (Wildman–Crippen MR) is 64.2 cm³/mol. The first-order chi connectivity index (χ1) is 7.90. The molecule has 1 amide bonds. The Morgan fingerprint density at radius 1 is 1.59 bits per heavy atom. The summed E-state index contributed by atoms with van der Waals surface area (Å²) in [5, 5.41) is 11.3. The van der Waals surface area contributed by atoms with Gasteiger partial charge in [0.05, 0.1) is 11.0 Å². The molecule has 0 aliphatic carbocycles. The van der Waals surface area contributed by atoms with Crippen LogP contribution in [0.15, 0.2) is 18.2 Å². The average Bonchev–Trinajstić information content (AvgIpc) is 2.31. The molecule has 0 radical (unpaired) electrons. The van der Waals surface area contributed by atoms with Crippen LogP contribution in [0.5, 0.6) is 0 Å². The molecular weight excluding hydrogens is 243 g/mol. The smallest absolute Gasteiger partial charge is 0.231 e. The van der Waals surface area contributed by atoms with Crippen LogP contribution in [0.4, 0.5) is 10.1 Å². The Hall–Kier alpha value is -1.60. The molecule has 3 nitrogen and oxygen atoms in total. The van der Waals surface area contributed by atoms with Crippen molar-refractivity contribution in [1.82, 2.24) is 0 Å². The van der Waals surface area contributed by atoms with Gasteiger partial charge >= 0.3 is 0 Å². The van der Waals surface area contributed by atoms with Crippen molar-refractivity contribution in [2.24, 2.45) is 5.41 Å². The lowest BCUT2D eigenvalue weighted by molar-refractivity contribution is -0.122. The van der Waals surface area contributed by atoms with Crippen LogP contribution < -0.4 is 5.32 Å². The van der Waals surface area contributed by atoms with Gasteiger partial charge in [0.25, 0.3) is 0 Å². The van der Waals surface area contributed by atoms with Gasteiger partial charge < -0.3 is 5.32 Å². The summed E-state index contributed by atoms with van der Waals surface area (Å²) >= 11 is 5.66. The molecule has 0 fully saturated rings. The van der Waals surface area contributed by atoms with E-state index in [0.29, 0.717) is 5.69 Å². The molecule has 0 atom stereocenters. The van der Waals surface area contributed by atoms with Crippen molar-refractivity contribution in [3.8, 4) is 6.07 Å². The molecule has 0 aromatic heterocycles. The minimum absolute atomic E-state index is 0.105. The van der Waals surface area contributed by atoms with E-state index in [1.807, 2.05) is 0 Å². The number of alkyl halides is 1. The van der Waals surface area contributed by atoms with Crippen molar-refractivity contribution >= 4 is 23.2 Å². The number of hydrogen-bond donors (Lipinski definition) is 1. The maximum absolute atomic E-state index is 13.1. The maximum atomic E-state index is 13.1. The summed E-state index contributed by atoms with van der Waals surface area (Å²) in [6.07, 6.45) is 0. The van der Waals surface area contributed by atoms with E-state index in [1.165, 1.54) is 12.1 Å². The third-order valence-corrected chi connectivity index (χ3v) is 2.96. The Kier molecular flexibility index (Phi) is 4.08. The van der Waals surface area contributed by atoms with E-state index in [9.17, 15) is 9.18 Å². The Bertz CT molecular complexity index is 480. The van der Waals surface area contributed by atoms with Crippen molar-refractivity contribution in [2.75, 3.05) is 11.2 Å². The van der Waals surface area contributed by atoms with E-state index in [-0.39, 0.29) is 17.4 Å². The highest BCUT2D eigenvalue weighted by molar-refractivity contribution is 6.20. The van der Waals surface area contributed by atoms with E-state index in [4.69, 9.17) is 16.9 Å². The number of hydrogen-bond acceptors (Lipinski definition) is 2. The third-order valence-electron chi connectivity index (χ3n) is 2.29. The third kappa shape index (κ3) is 3.18. The van der Waals surface area contributed by atoms with Gasteiger partial charge in [-0.2, -0.15) is 5.26 Å². The molecule has 1 rings (SSSR count). The molecule has 0 bridgehead atoms. The second kappa shape index (κ2) is 5.15. The van der Waals surface area contributed by atoms with Crippen LogP contribution in [0, 0.1) is 22.6 Å². The lowest BCUT2D eigenvalue weighted by atomic mass is 9.95. The molecule has 17 heavy (non-hydrogen) atoms. The van der Waals surface area contributed by atoms with Gasteiger partial charge in [-0.15, -0.1) is 11.6 Å². The van der Waals surface area contributed by atoms with Crippen LogP contribution >= 0.6 is 11.6 Å². The van der Waals surface area contributed by atoms with Crippen molar-refractivity contribution in [1.29, 1.82) is 5.26 Å². The molecule has 0 unspecified atom stereocenters. The zero-order valence-electron chi connectivity index (χ0n) is 9.55. The van der Waals surface area contributed by atoms with Gasteiger partial charge in [0.2, 0.25) is 5.91 Å². The van der Waals surface area contributed by atoms with Crippen molar-refractivity contribution in [3.63, 3.8) is 0 Å². The first kappa shape index (κ1) is 13.5. The van der Waals surface area contributed by atoms with Crippen molar-refractivity contribution in [2.45, 2.75) is 13.8 Å². The highest BCUT2D eigenvalue weighted by Crippen LogP contribution is 2.21. The minimum atomic E-state index is -0.719. The SMILES string of the molecule is CC(C)(CCl)C(=O)Nc1ccc(F)c(C#N)c1. The molecule has 0 saturated heterocycles. The fraction of sp³-hybridized carbons (Fsp3) is 0.333. The monoisotopic (exact) mass is 254 g/mol. The zero-order valence-corrected chi connectivity index (χ0v) is 10.3. The number of nitrogens with zero attached hydrogens (tertiary/aromatic N) is 1. The van der Waals surface area contributed by atoms with Crippen molar-refractivity contribution in [3.05, 3.63) is 29.6 Å². The molecule has 0 aliphatic heterocycles. The van der Waals surface area contributed by atoms with E-state index in [0.717, 1.165) is 6.07 Å². The van der Waals surface area contributed by atoms with E-state index < -0.39 is 11.2 Å². The van der Waals surface area contributed by atoms with E-state index >= 15 is 0 Å². The Balaban J connectivity index is 2.91. The number of benzene rings is 1. The van der Waals surface area contributed by atoms with Crippen LogP contribution in [0.25, 0.3) is 0 Å². The summed E-state index contributed by atoms with van der Waals surface area (Å²) in [5.74, 6) is -0.712. The van der Waals surface area contributed by atoms with Crippen LogP contribution in [0.1, 0.15) is 19.4 Å². The van der Waals surface area contributed by atoms with Gasteiger partial charge in [0, 0.05) is 11.6 Å². The van der Waals surface area contributed by atoms with E-state index in [2.05, 4.69) is 5.32 Å². The van der Waals surface area contributed by atoms with Gasteiger partial charge in [-0.1, -0.05) is 0 Å². The second-order valence-electron chi connectivity index (χ2n) is 4.28. The number of amides is 1. The molecule has 5 heteroatoms. The number of anilines is 1. The Morgan fingerprint density at radius 2 is 2.24 bits per heavy atom. The molecule has 1 aromatic rings. The summed E-state index contributed by atoms with van der Waals surface area (Å²) in [6, 6.07) is 5.54. The maximum Gasteiger partial charge on any atom is 0.231 e. The molecular formula is C12H12ClFN2O. The van der Waals surface area contributed by atoms with Crippen LogP contribution in [0.2, 0.25) is 0 Å². The molecule has 0 heterocycles. The highest BCUT2D eigenvalue weighted by atomic mass is 35.5. The van der Waals surface area contributed by atoms with Crippen molar-refractivity contribution < 1.29 is 9.18 Å². The summed E-state index contributed by atoms with van der Waals surface area (Å²) in [7, 11) is 0. The van der Waals surface area contributed by atoms with Crippen LogP contribution in [0.3, 0.4) is 0 Å². The molecule has 90 valence electrons. The first-order valence-corrected chi connectivity index (χ1v) is 5.51. The quantitative estimate of drug-likeness (QED) is 0.844. The highest BCUT2D eigenvalue weighted by Gasteiger charge is 2.26. The second-order valence-corrected chi connectivity index (χ2v) is 4.55. The summed E-state index contributed by atoms with van der Waals surface area (Å²) in [4.78, 5) is 11.8. The van der Waals surface area contributed by atoms with Gasteiger partial charge in [-0.3, -0.25) is 4.79 Å². The average molecular weight is 255 g/mol. The number of carbonyl (C=O) groups is 1. The number of nitrogens with one attached hydrogen (secondary N) is 1. The topological polar surface area (TPSA) is 52.9 Å². The number of carbonyl (C=O) groups excluding carboxylic acids is 1. The van der Waals surface area contributed by atoms with Crippen LogP contribution in [-0.2, 0) is 4.79 Å². The van der Waals surface area contributed by atoms with E-state index in [1.54, 1.807) is 19.9 Å². The lowest BCUT2D eigenvalue weighted by Crippen LogP contribution is -2.32. The summed E-state index contributed by atoms with van der Waals surface area (Å²) < 4.78 is 13.1. The normalized spacial score (nSPS) is 10.8.